The number of aromatic nitrogens is 2. The molecule has 0 aliphatic carbocycles. The van der Waals surface area contributed by atoms with Gasteiger partial charge in [0.15, 0.2) is 0 Å². The number of rotatable bonds is 6. The number of aromatic hydroxyl groups is 1. The Morgan fingerprint density at radius 2 is 2.00 bits per heavy atom. The van der Waals surface area contributed by atoms with E-state index >= 15 is 0 Å². The number of phenols is 1. The van der Waals surface area contributed by atoms with Gasteiger partial charge in [-0.3, -0.25) is 4.68 Å². The van der Waals surface area contributed by atoms with E-state index in [0.29, 0.717) is 11.8 Å². The first-order valence-electron chi connectivity index (χ1n) is 6.63. The number of aryl methyl sites for hydroxylation is 2. The van der Waals surface area contributed by atoms with Gasteiger partial charge < -0.3 is 10.4 Å². The maximum Gasteiger partial charge on any atom is 0.115 e. The summed E-state index contributed by atoms with van der Waals surface area (Å²) in [6.07, 6.45) is 3.90. The van der Waals surface area contributed by atoms with Gasteiger partial charge in [-0.15, -0.1) is 0 Å². The molecule has 2 rings (SSSR count). The van der Waals surface area contributed by atoms with Gasteiger partial charge in [0.25, 0.3) is 0 Å². The van der Waals surface area contributed by atoms with Crippen molar-refractivity contribution in [2.24, 2.45) is 7.05 Å². The summed E-state index contributed by atoms with van der Waals surface area (Å²) < 4.78 is 1.89. The summed E-state index contributed by atoms with van der Waals surface area (Å²) in [4.78, 5) is 0. The van der Waals surface area contributed by atoms with Gasteiger partial charge in [-0.05, 0) is 43.5 Å². The molecule has 2 N–H and O–H groups in total. The van der Waals surface area contributed by atoms with Crippen molar-refractivity contribution in [1.29, 1.82) is 0 Å². The molecular formula is C15H21N3O. The van der Waals surface area contributed by atoms with Gasteiger partial charge in [-0.25, -0.2) is 0 Å². The predicted octanol–water partition coefficient (Wildman–Crippen LogP) is 2.24. The highest BCUT2D eigenvalue weighted by Gasteiger charge is 2.04. The lowest BCUT2D eigenvalue weighted by Gasteiger charge is -2.13. The highest BCUT2D eigenvalue weighted by atomic mass is 16.3. The number of phenolic OH excluding ortho intramolecular Hbond substituents is 1. The summed E-state index contributed by atoms with van der Waals surface area (Å²) in [5, 5.41) is 16.9. The van der Waals surface area contributed by atoms with Gasteiger partial charge in [0, 0.05) is 25.8 Å². The van der Waals surface area contributed by atoms with Crippen LogP contribution in [0.2, 0.25) is 0 Å². The Morgan fingerprint density at radius 3 is 2.63 bits per heavy atom. The lowest BCUT2D eigenvalue weighted by atomic mass is 10.1. The minimum Gasteiger partial charge on any atom is -0.508 e. The van der Waals surface area contributed by atoms with E-state index in [2.05, 4.69) is 17.3 Å². The Bertz CT molecular complexity index is 504. The fourth-order valence-electron chi connectivity index (χ4n) is 2.00. The smallest absolute Gasteiger partial charge is 0.115 e. The molecule has 1 aromatic heterocycles. The minimum atomic E-state index is 0.325. The Hall–Kier alpha value is -1.81. The van der Waals surface area contributed by atoms with Crippen LogP contribution in [0.25, 0.3) is 0 Å². The average molecular weight is 259 g/mol. The molecule has 0 amide bonds. The van der Waals surface area contributed by atoms with Crippen molar-refractivity contribution in [1.82, 2.24) is 15.1 Å². The SMILES string of the molecule is CC(CCc1ccc(O)cc1)NCc1ccnn1C. The third-order valence-corrected chi connectivity index (χ3v) is 3.36. The Labute approximate surface area is 114 Å². The summed E-state index contributed by atoms with van der Waals surface area (Å²) >= 11 is 0. The standard InChI is InChI=1S/C15H21N3O/c1-12(16-11-14-9-10-17-18(14)2)3-4-13-5-7-15(19)8-6-13/h5-10,12,16,19H,3-4,11H2,1-2H3. The van der Waals surface area contributed by atoms with Gasteiger partial charge >= 0.3 is 0 Å². The first kappa shape index (κ1) is 13.6. The fourth-order valence-corrected chi connectivity index (χ4v) is 2.00. The highest BCUT2D eigenvalue weighted by molar-refractivity contribution is 5.25. The molecule has 0 radical (unpaired) electrons. The molecule has 1 atom stereocenters. The zero-order chi connectivity index (χ0) is 13.7. The molecule has 0 saturated carbocycles. The maximum absolute atomic E-state index is 9.23. The van der Waals surface area contributed by atoms with Crippen molar-refractivity contribution >= 4 is 0 Å². The van der Waals surface area contributed by atoms with Crippen LogP contribution in [0.3, 0.4) is 0 Å². The van der Waals surface area contributed by atoms with Gasteiger partial charge in [-0.1, -0.05) is 12.1 Å². The zero-order valence-electron chi connectivity index (χ0n) is 11.5. The third kappa shape index (κ3) is 4.10. The van der Waals surface area contributed by atoms with Crippen LogP contribution in [-0.2, 0) is 20.0 Å². The van der Waals surface area contributed by atoms with Gasteiger partial charge in [-0.2, -0.15) is 5.10 Å². The van der Waals surface area contributed by atoms with Gasteiger partial charge in [0.1, 0.15) is 5.75 Å². The molecule has 0 aliphatic heterocycles. The maximum atomic E-state index is 9.23. The Morgan fingerprint density at radius 1 is 1.26 bits per heavy atom. The van der Waals surface area contributed by atoms with Gasteiger partial charge in [0.2, 0.25) is 0 Å². The lowest BCUT2D eigenvalue weighted by Crippen LogP contribution is -2.26. The van der Waals surface area contributed by atoms with Crippen molar-refractivity contribution in [2.45, 2.75) is 32.4 Å². The van der Waals surface area contributed by atoms with Crippen molar-refractivity contribution < 1.29 is 5.11 Å². The van der Waals surface area contributed by atoms with Gasteiger partial charge in [0.05, 0.1) is 5.69 Å². The summed E-state index contributed by atoms with van der Waals surface area (Å²) in [6, 6.07) is 9.90. The van der Waals surface area contributed by atoms with Crippen LogP contribution < -0.4 is 5.32 Å². The lowest BCUT2D eigenvalue weighted by molar-refractivity contribution is 0.474. The van der Waals surface area contributed by atoms with E-state index in [1.807, 2.05) is 36.1 Å². The van der Waals surface area contributed by atoms with E-state index in [1.54, 1.807) is 12.1 Å². The van der Waals surface area contributed by atoms with E-state index < -0.39 is 0 Å². The van der Waals surface area contributed by atoms with Crippen LogP contribution in [-0.4, -0.2) is 20.9 Å². The van der Waals surface area contributed by atoms with Crippen LogP contribution >= 0.6 is 0 Å². The van der Waals surface area contributed by atoms with Crippen molar-refractivity contribution in [3.8, 4) is 5.75 Å². The Kier molecular flexibility index (Phi) is 4.58. The van der Waals surface area contributed by atoms with Crippen LogP contribution in [0.4, 0.5) is 0 Å². The van der Waals surface area contributed by atoms with Crippen molar-refractivity contribution in [3.05, 3.63) is 47.8 Å². The molecular weight excluding hydrogens is 238 g/mol. The quantitative estimate of drug-likeness (QED) is 0.836. The summed E-state index contributed by atoms with van der Waals surface area (Å²) in [7, 11) is 1.96. The third-order valence-electron chi connectivity index (χ3n) is 3.36. The predicted molar refractivity (Wildman–Crippen MR) is 75.9 cm³/mol. The molecule has 0 saturated heterocycles. The Balaban J connectivity index is 1.74. The summed E-state index contributed by atoms with van der Waals surface area (Å²) in [5.74, 6) is 0.325. The first-order valence-corrected chi connectivity index (χ1v) is 6.63. The van der Waals surface area contributed by atoms with Crippen molar-refractivity contribution in [3.63, 3.8) is 0 Å². The topological polar surface area (TPSA) is 50.1 Å². The number of benzene rings is 1. The second-order valence-corrected chi connectivity index (χ2v) is 4.93. The number of hydrogen-bond acceptors (Lipinski definition) is 3. The van der Waals surface area contributed by atoms with Crippen LogP contribution in [0.15, 0.2) is 36.5 Å². The number of nitrogens with zero attached hydrogens (tertiary/aromatic N) is 2. The second-order valence-electron chi connectivity index (χ2n) is 4.93. The van der Waals surface area contributed by atoms with E-state index in [4.69, 9.17) is 0 Å². The molecule has 0 spiro atoms. The number of hydrogen-bond donors (Lipinski definition) is 2. The normalized spacial score (nSPS) is 12.5. The minimum absolute atomic E-state index is 0.325. The molecule has 4 nitrogen and oxygen atoms in total. The molecule has 4 heteroatoms. The van der Waals surface area contributed by atoms with Crippen molar-refractivity contribution in [2.75, 3.05) is 0 Å². The molecule has 1 heterocycles. The van der Waals surface area contributed by atoms with E-state index in [-0.39, 0.29) is 0 Å². The van der Waals surface area contributed by atoms with Crippen LogP contribution in [0.5, 0.6) is 5.75 Å². The molecule has 1 aromatic carbocycles. The molecule has 0 bridgehead atoms. The summed E-state index contributed by atoms with van der Waals surface area (Å²) in [6.45, 7) is 3.03. The number of nitrogens with one attached hydrogen (secondary N) is 1. The molecule has 2 aromatic rings. The highest BCUT2D eigenvalue weighted by Crippen LogP contribution is 2.12. The zero-order valence-corrected chi connectivity index (χ0v) is 11.5. The molecule has 0 fully saturated rings. The second kappa shape index (κ2) is 6.38. The molecule has 19 heavy (non-hydrogen) atoms. The average Bonchev–Trinajstić information content (AvgIpc) is 2.81. The summed E-state index contributed by atoms with van der Waals surface area (Å²) in [5.41, 5.74) is 2.45. The molecule has 102 valence electrons. The first-order chi connectivity index (χ1) is 9.15. The largest absolute Gasteiger partial charge is 0.508 e. The molecule has 0 aliphatic rings. The van der Waals surface area contributed by atoms with E-state index in [1.165, 1.54) is 11.3 Å². The van der Waals surface area contributed by atoms with Crippen LogP contribution in [0.1, 0.15) is 24.6 Å². The monoisotopic (exact) mass is 259 g/mol. The van der Waals surface area contributed by atoms with Crippen LogP contribution in [0, 0.1) is 0 Å². The van der Waals surface area contributed by atoms with E-state index in [0.717, 1.165) is 19.4 Å². The fraction of sp³-hybridized carbons (Fsp3) is 0.400. The van der Waals surface area contributed by atoms with E-state index in [9.17, 15) is 5.11 Å². The molecule has 1 unspecified atom stereocenters.